The molecule has 47 heavy (non-hydrogen) atoms. The number of furan rings is 1. The van der Waals surface area contributed by atoms with Gasteiger partial charge in [-0.15, -0.1) is 0 Å². The van der Waals surface area contributed by atoms with E-state index in [4.69, 9.17) is 11.0 Å². The molecule has 0 aliphatic rings. The zero-order valence-electron chi connectivity index (χ0n) is 25.2. The Labute approximate surface area is 269 Å². The van der Waals surface area contributed by atoms with Crippen molar-refractivity contribution in [2.24, 2.45) is 0 Å². The Bertz CT molecular complexity index is 2860. The van der Waals surface area contributed by atoms with E-state index in [1.807, 2.05) is 18.2 Å². The van der Waals surface area contributed by atoms with Crippen LogP contribution in [0.15, 0.2) is 156 Å². The van der Waals surface area contributed by atoms with Gasteiger partial charge in [0.1, 0.15) is 11.2 Å². The Hall–Kier alpha value is -6.57. The van der Waals surface area contributed by atoms with Gasteiger partial charge >= 0.3 is 0 Å². The third-order valence-corrected chi connectivity index (χ3v) is 9.55. The lowest BCUT2D eigenvalue weighted by Crippen LogP contribution is -1.95. The Morgan fingerprint density at radius 3 is 1.72 bits per heavy atom. The maximum atomic E-state index is 8.30. The van der Waals surface area contributed by atoms with Gasteiger partial charge < -0.3 is 13.6 Å². The molecular weight excluding hydrogens is 574 g/mol. The fraction of sp³-hybridized carbons (Fsp3) is 0. The summed E-state index contributed by atoms with van der Waals surface area (Å²) in [7, 11) is 0. The number of aromatic nitrogens is 2. The average Bonchev–Trinajstić information content (AvgIpc) is 3.79. The number of hydrogen-bond donors (Lipinski definition) is 0. The first-order chi connectivity index (χ1) is 23.3. The molecule has 4 nitrogen and oxygen atoms in total. The molecule has 0 atom stereocenters. The Balaban J connectivity index is 1.15. The van der Waals surface area contributed by atoms with Gasteiger partial charge in [-0.1, -0.05) is 91.0 Å². The number of fused-ring (bicyclic) bond motifs is 10. The number of hydrogen-bond acceptors (Lipinski definition) is 1. The average molecular weight is 600 g/mol. The fourth-order valence-electron chi connectivity index (χ4n) is 7.50. The van der Waals surface area contributed by atoms with Gasteiger partial charge in [0.05, 0.1) is 39.7 Å². The van der Waals surface area contributed by atoms with Crippen molar-refractivity contribution in [3.8, 4) is 22.5 Å². The summed E-state index contributed by atoms with van der Waals surface area (Å²) in [6.07, 6.45) is 0. The molecule has 7 aromatic carbocycles. The van der Waals surface area contributed by atoms with Gasteiger partial charge in [-0.05, 0) is 71.8 Å². The quantitative estimate of drug-likeness (QED) is 0.186. The van der Waals surface area contributed by atoms with Gasteiger partial charge in [0.25, 0.3) is 0 Å². The van der Waals surface area contributed by atoms with Crippen molar-refractivity contribution in [2.45, 2.75) is 0 Å². The summed E-state index contributed by atoms with van der Waals surface area (Å²) in [6.45, 7) is 8.30. The second kappa shape index (κ2) is 9.71. The van der Waals surface area contributed by atoms with E-state index in [0.717, 1.165) is 66.2 Å². The summed E-state index contributed by atoms with van der Waals surface area (Å²) in [5, 5.41) is 6.91. The van der Waals surface area contributed by atoms with E-state index in [1.54, 1.807) is 0 Å². The molecule has 0 saturated heterocycles. The predicted octanol–water partition coefficient (Wildman–Crippen LogP) is 12.0. The first kappa shape index (κ1) is 25.7. The van der Waals surface area contributed by atoms with Crippen LogP contribution >= 0.6 is 0 Å². The number of rotatable bonds is 3. The van der Waals surface area contributed by atoms with E-state index in [2.05, 4.69) is 147 Å². The molecule has 0 amide bonds. The van der Waals surface area contributed by atoms with E-state index in [1.165, 1.54) is 21.8 Å². The Kier molecular flexibility index (Phi) is 5.32. The van der Waals surface area contributed by atoms with Crippen LogP contribution in [0.25, 0.3) is 92.9 Å². The summed E-state index contributed by atoms with van der Waals surface area (Å²) in [6, 6.07) is 52.8. The van der Waals surface area contributed by atoms with E-state index < -0.39 is 0 Å². The second-order valence-corrected chi connectivity index (χ2v) is 12.0. The molecule has 0 saturated carbocycles. The van der Waals surface area contributed by atoms with Gasteiger partial charge in [-0.3, -0.25) is 0 Å². The lowest BCUT2D eigenvalue weighted by Gasteiger charge is -2.13. The van der Waals surface area contributed by atoms with Crippen LogP contribution in [0.2, 0.25) is 0 Å². The summed E-state index contributed by atoms with van der Waals surface area (Å²) >= 11 is 0. The highest BCUT2D eigenvalue weighted by atomic mass is 16.3. The molecule has 4 heteroatoms. The first-order valence-electron chi connectivity index (χ1n) is 15.7. The van der Waals surface area contributed by atoms with E-state index in [-0.39, 0.29) is 0 Å². The lowest BCUT2D eigenvalue weighted by molar-refractivity contribution is 0.669. The molecule has 3 aromatic heterocycles. The molecule has 0 fully saturated rings. The largest absolute Gasteiger partial charge is 0.456 e. The molecular formula is C43H25N3O. The molecule has 218 valence electrons. The summed E-state index contributed by atoms with van der Waals surface area (Å²) in [5.74, 6) is 0. The first-order valence-corrected chi connectivity index (χ1v) is 15.7. The molecule has 3 heterocycles. The van der Waals surface area contributed by atoms with Gasteiger partial charge in [-0.25, -0.2) is 4.85 Å². The maximum absolute atomic E-state index is 8.30. The maximum Gasteiger partial charge on any atom is 0.211 e. The molecule has 10 rings (SSSR count). The lowest BCUT2D eigenvalue weighted by atomic mass is 10.0. The smallest absolute Gasteiger partial charge is 0.211 e. The Morgan fingerprint density at radius 1 is 0.468 bits per heavy atom. The SMILES string of the molecule is [C-]#[N+]c1cc(-c2ccc(-n3c4ccccc4c4ccccc43)cc2)ccc1-n1c2ccccc2c2ccc3oc4ccccc4c3c21. The third-order valence-electron chi connectivity index (χ3n) is 9.55. The predicted molar refractivity (Wildman–Crippen MR) is 194 cm³/mol. The summed E-state index contributed by atoms with van der Waals surface area (Å²) in [5.41, 5.74) is 10.8. The number of para-hydroxylation sites is 4. The molecule has 0 spiro atoms. The van der Waals surface area contributed by atoms with Gasteiger partial charge in [0, 0.05) is 32.6 Å². The molecule has 0 unspecified atom stereocenters. The van der Waals surface area contributed by atoms with Crippen molar-refractivity contribution < 1.29 is 4.42 Å². The van der Waals surface area contributed by atoms with Crippen LogP contribution in [-0.4, -0.2) is 9.13 Å². The van der Waals surface area contributed by atoms with Crippen molar-refractivity contribution in [2.75, 3.05) is 0 Å². The van der Waals surface area contributed by atoms with Crippen LogP contribution in [0, 0.1) is 6.57 Å². The molecule has 0 radical (unpaired) electrons. The van der Waals surface area contributed by atoms with Gasteiger partial charge in [0.2, 0.25) is 5.69 Å². The third kappa shape index (κ3) is 3.63. The topological polar surface area (TPSA) is 27.4 Å². The minimum absolute atomic E-state index is 0.599. The minimum Gasteiger partial charge on any atom is -0.456 e. The van der Waals surface area contributed by atoms with E-state index in [0.29, 0.717) is 5.69 Å². The van der Waals surface area contributed by atoms with Crippen LogP contribution < -0.4 is 0 Å². The minimum atomic E-state index is 0.599. The molecule has 0 aliphatic heterocycles. The van der Waals surface area contributed by atoms with E-state index >= 15 is 0 Å². The van der Waals surface area contributed by atoms with Crippen molar-refractivity contribution in [3.05, 3.63) is 163 Å². The number of nitrogens with zero attached hydrogens (tertiary/aromatic N) is 3. The van der Waals surface area contributed by atoms with Gasteiger partial charge in [-0.2, -0.15) is 0 Å². The monoisotopic (exact) mass is 599 g/mol. The van der Waals surface area contributed by atoms with Crippen LogP contribution in [0.3, 0.4) is 0 Å². The zero-order valence-corrected chi connectivity index (χ0v) is 25.2. The summed E-state index contributed by atoms with van der Waals surface area (Å²) < 4.78 is 10.9. The highest BCUT2D eigenvalue weighted by Crippen LogP contribution is 2.43. The van der Waals surface area contributed by atoms with Crippen molar-refractivity contribution >= 4 is 71.2 Å². The molecule has 0 bridgehead atoms. The zero-order chi connectivity index (χ0) is 31.1. The van der Waals surface area contributed by atoms with Gasteiger partial charge in [0.15, 0.2) is 0 Å². The summed E-state index contributed by atoms with van der Waals surface area (Å²) in [4.78, 5) is 4.08. The van der Waals surface area contributed by atoms with Crippen LogP contribution in [0.1, 0.15) is 0 Å². The van der Waals surface area contributed by atoms with Crippen LogP contribution in [-0.2, 0) is 0 Å². The molecule has 0 aliphatic carbocycles. The van der Waals surface area contributed by atoms with Crippen molar-refractivity contribution in [1.82, 2.24) is 9.13 Å². The Morgan fingerprint density at radius 2 is 1.04 bits per heavy atom. The molecule has 0 N–H and O–H groups in total. The fourth-order valence-corrected chi connectivity index (χ4v) is 7.50. The highest BCUT2D eigenvalue weighted by Gasteiger charge is 2.20. The number of benzene rings is 7. The van der Waals surface area contributed by atoms with E-state index in [9.17, 15) is 0 Å². The molecule has 10 aromatic rings. The van der Waals surface area contributed by atoms with Crippen LogP contribution in [0.4, 0.5) is 5.69 Å². The van der Waals surface area contributed by atoms with Crippen LogP contribution in [0.5, 0.6) is 0 Å². The van der Waals surface area contributed by atoms with Crippen molar-refractivity contribution in [1.29, 1.82) is 0 Å². The standard InChI is InChI=1S/C43H25N3O/c1-44-35-26-28(27-18-21-29(22-19-27)45-36-14-6-2-10-30(36)31-11-3-7-15-37(31)45)20-24-39(35)46-38-16-8-4-12-32(38)33-23-25-41-42(43(33)46)34-13-5-9-17-40(34)47-41/h2-26H. The van der Waals surface area contributed by atoms with Crippen molar-refractivity contribution in [3.63, 3.8) is 0 Å². The normalized spacial score (nSPS) is 11.8. The highest BCUT2D eigenvalue weighted by molar-refractivity contribution is 6.24. The second-order valence-electron chi connectivity index (χ2n) is 12.0.